The van der Waals surface area contributed by atoms with Crippen molar-refractivity contribution < 1.29 is 24.0 Å². The van der Waals surface area contributed by atoms with Crippen LogP contribution in [0.25, 0.3) is 0 Å². The second-order valence-electron chi connectivity index (χ2n) is 4.62. The third-order valence-corrected chi connectivity index (χ3v) is 2.98. The van der Waals surface area contributed by atoms with Crippen molar-refractivity contribution in [3.63, 3.8) is 0 Å². The molecule has 0 aliphatic rings. The van der Waals surface area contributed by atoms with E-state index in [4.69, 9.17) is 9.84 Å². The van der Waals surface area contributed by atoms with Gasteiger partial charge >= 0.3 is 5.97 Å². The molecule has 1 aromatic carbocycles. The van der Waals surface area contributed by atoms with Gasteiger partial charge in [0, 0.05) is 6.07 Å². The van der Waals surface area contributed by atoms with Crippen molar-refractivity contribution >= 4 is 11.7 Å². The second kappa shape index (κ2) is 8.18. The maximum Gasteiger partial charge on any atom is 0.342 e. The third-order valence-electron chi connectivity index (χ3n) is 2.98. The molecule has 0 saturated heterocycles. The number of nitro groups is 1. The van der Waals surface area contributed by atoms with E-state index in [1.165, 1.54) is 0 Å². The number of carboxylic acids is 1. The smallest absolute Gasteiger partial charge is 0.342 e. The van der Waals surface area contributed by atoms with Gasteiger partial charge in [0.15, 0.2) is 11.6 Å². The second-order valence-corrected chi connectivity index (χ2v) is 4.62. The van der Waals surface area contributed by atoms with E-state index in [1.807, 2.05) is 0 Å². The molecule has 116 valence electrons. The van der Waals surface area contributed by atoms with Crippen molar-refractivity contribution in [3.05, 3.63) is 33.6 Å². The Morgan fingerprint density at radius 3 is 2.57 bits per heavy atom. The van der Waals surface area contributed by atoms with Crippen LogP contribution in [0.4, 0.5) is 10.1 Å². The summed E-state index contributed by atoms with van der Waals surface area (Å²) in [6.07, 6.45) is 4.95. The summed E-state index contributed by atoms with van der Waals surface area (Å²) in [4.78, 5) is 20.7. The fourth-order valence-corrected chi connectivity index (χ4v) is 1.86. The van der Waals surface area contributed by atoms with Gasteiger partial charge in [0.2, 0.25) is 0 Å². The van der Waals surface area contributed by atoms with Crippen molar-refractivity contribution in [2.45, 2.75) is 39.0 Å². The highest BCUT2D eigenvalue weighted by Crippen LogP contribution is 2.28. The van der Waals surface area contributed by atoms with E-state index in [-0.39, 0.29) is 12.4 Å². The average molecular weight is 299 g/mol. The van der Waals surface area contributed by atoms with E-state index < -0.39 is 28.0 Å². The van der Waals surface area contributed by atoms with Crippen LogP contribution in [0.3, 0.4) is 0 Å². The van der Waals surface area contributed by atoms with Crippen molar-refractivity contribution in [1.29, 1.82) is 0 Å². The largest absolute Gasteiger partial charge is 0.490 e. The molecule has 0 aliphatic carbocycles. The summed E-state index contributed by atoms with van der Waals surface area (Å²) >= 11 is 0. The minimum absolute atomic E-state index is 0.248. The van der Waals surface area contributed by atoms with Crippen LogP contribution in [0.5, 0.6) is 5.75 Å². The number of unbranched alkanes of at least 4 members (excludes halogenated alkanes) is 4. The minimum atomic E-state index is -1.49. The summed E-state index contributed by atoms with van der Waals surface area (Å²) in [6, 6.07) is 1.44. The van der Waals surface area contributed by atoms with Gasteiger partial charge in [0.1, 0.15) is 5.56 Å². The van der Waals surface area contributed by atoms with Crippen LogP contribution in [0.2, 0.25) is 0 Å². The van der Waals surface area contributed by atoms with Crippen molar-refractivity contribution in [2.75, 3.05) is 6.61 Å². The summed E-state index contributed by atoms with van der Waals surface area (Å²) < 4.78 is 18.8. The Morgan fingerprint density at radius 1 is 1.33 bits per heavy atom. The number of rotatable bonds is 9. The molecule has 0 radical (unpaired) electrons. The zero-order valence-electron chi connectivity index (χ0n) is 11.8. The van der Waals surface area contributed by atoms with Crippen molar-refractivity contribution in [2.24, 2.45) is 0 Å². The number of halogens is 1. The summed E-state index contributed by atoms with van der Waals surface area (Å²) in [7, 11) is 0. The topological polar surface area (TPSA) is 89.7 Å². The molecule has 21 heavy (non-hydrogen) atoms. The van der Waals surface area contributed by atoms with Gasteiger partial charge in [-0.3, -0.25) is 10.1 Å². The number of nitro benzene ring substituents is 1. The lowest BCUT2D eigenvalue weighted by molar-refractivity contribution is -0.385. The number of carboxylic acid groups (broad SMARTS) is 1. The number of carbonyl (C=O) groups is 1. The van der Waals surface area contributed by atoms with Crippen LogP contribution >= 0.6 is 0 Å². The molecule has 0 aliphatic heterocycles. The molecule has 0 atom stereocenters. The lowest BCUT2D eigenvalue weighted by atomic mass is 10.1. The molecule has 0 spiro atoms. The standard InChI is InChI=1S/C14H18FNO5/c1-2-3-4-5-6-7-21-13-8-10(14(17)18)12(16(19)20)9-11(13)15/h8-9H,2-7H2,1H3,(H,17,18). The summed E-state index contributed by atoms with van der Waals surface area (Å²) in [5.41, 5.74) is -1.36. The third kappa shape index (κ3) is 5.02. The van der Waals surface area contributed by atoms with Gasteiger partial charge in [0.05, 0.1) is 17.6 Å². The monoisotopic (exact) mass is 299 g/mol. The van der Waals surface area contributed by atoms with Crippen LogP contribution in [0, 0.1) is 15.9 Å². The van der Waals surface area contributed by atoms with Crippen LogP contribution in [0.1, 0.15) is 49.4 Å². The summed E-state index contributed by atoms with van der Waals surface area (Å²) in [5.74, 6) is -2.69. The van der Waals surface area contributed by atoms with Gasteiger partial charge in [-0.1, -0.05) is 32.6 Å². The zero-order chi connectivity index (χ0) is 15.8. The fraction of sp³-hybridized carbons (Fsp3) is 0.500. The van der Waals surface area contributed by atoms with E-state index in [0.29, 0.717) is 6.07 Å². The first-order chi connectivity index (χ1) is 9.97. The number of ether oxygens (including phenoxy) is 1. The zero-order valence-corrected chi connectivity index (χ0v) is 11.8. The molecular formula is C14H18FNO5. The Morgan fingerprint density at radius 2 is 2.00 bits per heavy atom. The summed E-state index contributed by atoms with van der Waals surface area (Å²) in [6.45, 7) is 2.34. The Bertz CT molecular complexity index is 518. The fourth-order valence-electron chi connectivity index (χ4n) is 1.86. The Labute approximate surface area is 121 Å². The number of hydrogen-bond donors (Lipinski definition) is 1. The normalized spacial score (nSPS) is 10.4. The lowest BCUT2D eigenvalue weighted by Crippen LogP contribution is -2.06. The SMILES string of the molecule is CCCCCCCOc1cc(C(=O)O)c([N+](=O)[O-])cc1F. The van der Waals surface area contributed by atoms with E-state index in [9.17, 15) is 19.3 Å². The van der Waals surface area contributed by atoms with E-state index >= 15 is 0 Å². The first-order valence-corrected chi connectivity index (χ1v) is 6.81. The Kier molecular flexibility index (Phi) is 6.58. The first-order valence-electron chi connectivity index (χ1n) is 6.81. The highest BCUT2D eigenvalue weighted by molar-refractivity contribution is 5.92. The molecule has 0 unspecified atom stereocenters. The predicted octanol–water partition coefficient (Wildman–Crippen LogP) is 3.78. The predicted molar refractivity (Wildman–Crippen MR) is 74.3 cm³/mol. The van der Waals surface area contributed by atoms with Gasteiger partial charge in [-0.15, -0.1) is 0 Å². The molecule has 6 nitrogen and oxygen atoms in total. The minimum Gasteiger partial charge on any atom is -0.490 e. The highest BCUT2D eigenvalue weighted by Gasteiger charge is 2.23. The molecule has 0 saturated carbocycles. The Balaban J connectivity index is 2.72. The van der Waals surface area contributed by atoms with Gasteiger partial charge < -0.3 is 9.84 Å². The molecule has 0 amide bonds. The van der Waals surface area contributed by atoms with Gasteiger partial charge in [-0.25, -0.2) is 9.18 Å². The number of aromatic carboxylic acids is 1. The number of benzene rings is 1. The van der Waals surface area contributed by atoms with E-state index in [2.05, 4.69) is 6.92 Å². The molecule has 0 aromatic heterocycles. The van der Waals surface area contributed by atoms with E-state index in [0.717, 1.165) is 38.2 Å². The van der Waals surface area contributed by atoms with Gasteiger partial charge in [0.25, 0.3) is 5.69 Å². The highest BCUT2D eigenvalue weighted by atomic mass is 19.1. The Hall–Kier alpha value is -2.18. The molecule has 1 aromatic rings. The lowest BCUT2D eigenvalue weighted by Gasteiger charge is -2.08. The molecule has 7 heteroatoms. The molecular weight excluding hydrogens is 281 g/mol. The van der Waals surface area contributed by atoms with Crippen molar-refractivity contribution in [3.8, 4) is 5.75 Å². The summed E-state index contributed by atoms with van der Waals surface area (Å²) in [5, 5.41) is 19.6. The molecule has 1 N–H and O–H groups in total. The van der Waals surface area contributed by atoms with Crippen LogP contribution in [-0.4, -0.2) is 22.6 Å². The average Bonchev–Trinajstić information content (AvgIpc) is 2.43. The molecule has 0 fully saturated rings. The van der Waals surface area contributed by atoms with Crippen LogP contribution in [0.15, 0.2) is 12.1 Å². The van der Waals surface area contributed by atoms with Gasteiger partial charge in [-0.05, 0) is 6.42 Å². The quantitative estimate of drug-likeness (QED) is 0.425. The molecule has 0 heterocycles. The maximum absolute atomic E-state index is 13.7. The number of nitrogens with zero attached hydrogens (tertiary/aromatic N) is 1. The molecule has 1 rings (SSSR count). The number of hydrogen-bond acceptors (Lipinski definition) is 4. The van der Waals surface area contributed by atoms with Gasteiger partial charge in [-0.2, -0.15) is 0 Å². The first kappa shape index (κ1) is 16.9. The van der Waals surface area contributed by atoms with E-state index in [1.54, 1.807) is 0 Å². The van der Waals surface area contributed by atoms with Crippen LogP contribution < -0.4 is 4.74 Å². The maximum atomic E-state index is 13.7. The van der Waals surface area contributed by atoms with Crippen molar-refractivity contribution in [1.82, 2.24) is 0 Å². The molecule has 0 bridgehead atoms. The van der Waals surface area contributed by atoms with Crippen LogP contribution in [-0.2, 0) is 0 Å².